The minimum Gasteiger partial charge on any atom is -0.376 e. The van der Waals surface area contributed by atoms with Gasteiger partial charge in [-0.2, -0.15) is 0 Å². The molecule has 1 N–H and O–H groups in total. The number of nitrogens with zero attached hydrogens (tertiary/aromatic N) is 2. The van der Waals surface area contributed by atoms with Crippen molar-refractivity contribution in [3.63, 3.8) is 0 Å². The number of rotatable bonds is 3. The lowest BCUT2D eigenvalue weighted by Crippen LogP contribution is -2.30. The van der Waals surface area contributed by atoms with E-state index in [0.717, 1.165) is 25.3 Å². The summed E-state index contributed by atoms with van der Waals surface area (Å²) in [5.74, 6) is 0.738. The molecular formula is C10H14ClN3O. The monoisotopic (exact) mass is 227 g/mol. The number of anilines is 1. The predicted molar refractivity (Wildman–Crippen MR) is 59.1 cm³/mol. The molecule has 1 aliphatic heterocycles. The van der Waals surface area contributed by atoms with Gasteiger partial charge in [0.2, 0.25) is 0 Å². The molecule has 0 saturated carbocycles. The van der Waals surface area contributed by atoms with E-state index in [9.17, 15) is 0 Å². The third-order valence-electron chi connectivity index (χ3n) is 2.53. The van der Waals surface area contributed by atoms with Crippen molar-refractivity contribution in [1.29, 1.82) is 0 Å². The lowest BCUT2D eigenvalue weighted by atomic mass is 10.1. The van der Waals surface area contributed by atoms with Crippen molar-refractivity contribution in [2.45, 2.75) is 31.9 Å². The van der Waals surface area contributed by atoms with Crippen molar-refractivity contribution in [2.75, 3.05) is 11.9 Å². The molecule has 0 aromatic carbocycles. The molecule has 4 nitrogen and oxygen atoms in total. The van der Waals surface area contributed by atoms with E-state index in [0.29, 0.717) is 5.15 Å². The molecule has 0 aliphatic carbocycles. The Balaban J connectivity index is 1.92. The largest absolute Gasteiger partial charge is 0.376 e. The molecule has 2 unspecified atom stereocenters. The zero-order chi connectivity index (χ0) is 10.7. The highest BCUT2D eigenvalue weighted by Gasteiger charge is 2.22. The molecule has 0 spiro atoms. The zero-order valence-corrected chi connectivity index (χ0v) is 9.37. The van der Waals surface area contributed by atoms with Gasteiger partial charge in [-0.25, -0.2) is 0 Å². The van der Waals surface area contributed by atoms with E-state index in [1.54, 1.807) is 6.07 Å². The first-order valence-corrected chi connectivity index (χ1v) is 5.51. The Bertz CT molecular complexity index is 311. The number of hydrogen-bond acceptors (Lipinski definition) is 4. The zero-order valence-electron chi connectivity index (χ0n) is 8.61. The number of hydrogen-bond donors (Lipinski definition) is 1. The molecule has 0 bridgehead atoms. The van der Waals surface area contributed by atoms with Gasteiger partial charge in [0, 0.05) is 6.61 Å². The fourth-order valence-corrected chi connectivity index (χ4v) is 1.82. The van der Waals surface area contributed by atoms with E-state index in [1.807, 2.05) is 6.07 Å². The van der Waals surface area contributed by atoms with Crippen LogP contribution in [0.1, 0.15) is 19.8 Å². The number of nitrogens with one attached hydrogen (secondary N) is 1. The van der Waals surface area contributed by atoms with Crippen LogP contribution in [0.5, 0.6) is 0 Å². The molecule has 1 fully saturated rings. The van der Waals surface area contributed by atoms with E-state index in [2.05, 4.69) is 22.4 Å². The van der Waals surface area contributed by atoms with Gasteiger partial charge in [0.1, 0.15) is 5.82 Å². The first-order chi connectivity index (χ1) is 7.25. The molecule has 2 rings (SSSR count). The quantitative estimate of drug-likeness (QED) is 0.859. The summed E-state index contributed by atoms with van der Waals surface area (Å²) in [5.41, 5.74) is 0. The molecule has 15 heavy (non-hydrogen) atoms. The van der Waals surface area contributed by atoms with Crippen LogP contribution in [-0.4, -0.2) is 29.0 Å². The first kappa shape index (κ1) is 10.6. The van der Waals surface area contributed by atoms with Crippen LogP contribution in [0.2, 0.25) is 5.15 Å². The summed E-state index contributed by atoms with van der Waals surface area (Å²) in [7, 11) is 0. The number of aromatic nitrogens is 2. The molecule has 2 atom stereocenters. The second-order valence-corrected chi connectivity index (χ2v) is 4.11. The molecule has 1 aliphatic rings. The fraction of sp³-hybridized carbons (Fsp3) is 0.600. The average Bonchev–Trinajstić information content (AvgIpc) is 2.74. The van der Waals surface area contributed by atoms with Crippen LogP contribution in [0.25, 0.3) is 0 Å². The SMILES string of the molecule is CC(Nc1ccc(Cl)nn1)C1CCCO1. The van der Waals surface area contributed by atoms with Gasteiger partial charge >= 0.3 is 0 Å². The van der Waals surface area contributed by atoms with Crippen molar-refractivity contribution in [2.24, 2.45) is 0 Å². The maximum absolute atomic E-state index is 5.65. The minimum atomic E-state index is 0.253. The first-order valence-electron chi connectivity index (χ1n) is 5.13. The molecule has 1 aromatic rings. The van der Waals surface area contributed by atoms with Crippen molar-refractivity contribution >= 4 is 17.4 Å². The Morgan fingerprint density at radius 1 is 1.53 bits per heavy atom. The normalized spacial score (nSPS) is 22.7. The summed E-state index contributed by atoms with van der Waals surface area (Å²) in [4.78, 5) is 0. The highest BCUT2D eigenvalue weighted by Crippen LogP contribution is 2.18. The number of halogens is 1. The van der Waals surface area contributed by atoms with Gasteiger partial charge in [0.15, 0.2) is 5.15 Å². The van der Waals surface area contributed by atoms with Crippen LogP contribution in [0.15, 0.2) is 12.1 Å². The van der Waals surface area contributed by atoms with Gasteiger partial charge in [-0.15, -0.1) is 10.2 Å². The van der Waals surface area contributed by atoms with Crippen LogP contribution in [0, 0.1) is 0 Å². The highest BCUT2D eigenvalue weighted by atomic mass is 35.5. The Labute approximate surface area is 94.0 Å². The highest BCUT2D eigenvalue weighted by molar-refractivity contribution is 6.29. The van der Waals surface area contributed by atoms with Gasteiger partial charge in [-0.05, 0) is 31.9 Å². The molecule has 82 valence electrons. The lowest BCUT2D eigenvalue weighted by molar-refractivity contribution is 0.0995. The van der Waals surface area contributed by atoms with E-state index in [4.69, 9.17) is 16.3 Å². The summed E-state index contributed by atoms with van der Waals surface area (Å²) in [6, 6.07) is 3.79. The third kappa shape index (κ3) is 2.79. The summed E-state index contributed by atoms with van der Waals surface area (Å²) in [6.07, 6.45) is 2.53. The molecule has 1 saturated heterocycles. The lowest BCUT2D eigenvalue weighted by Gasteiger charge is -2.19. The summed E-state index contributed by atoms with van der Waals surface area (Å²) in [6.45, 7) is 2.95. The summed E-state index contributed by atoms with van der Waals surface area (Å²) in [5, 5.41) is 11.4. The second kappa shape index (κ2) is 4.77. The van der Waals surface area contributed by atoms with Crippen molar-refractivity contribution in [3.8, 4) is 0 Å². The second-order valence-electron chi connectivity index (χ2n) is 3.73. The van der Waals surface area contributed by atoms with Crippen LogP contribution < -0.4 is 5.32 Å². The molecule has 5 heteroatoms. The minimum absolute atomic E-state index is 0.253. The fourth-order valence-electron chi connectivity index (χ4n) is 1.72. The Morgan fingerprint density at radius 3 is 3.00 bits per heavy atom. The maximum atomic E-state index is 5.65. The molecule has 2 heterocycles. The van der Waals surface area contributed by atoms with Crippen molar-refractivity contribution < 1.29 is 4.74 Å². The van der Waals surface area contributed by atoms with E-state index in [-0.39, 0.29) is 12.1 Å². The molecule has 0 amide bonds. The smallest absolute Gasteiger partial charge is 0.151 e. The average molecular weight is 228 g/mol. The molecule has 1 aromatic heterocycles. The van der Waals surface area contributed by atoms with Gasteiger partial charge in [-0.3, -0.25) is 0 Å². The van der Waals surface area contributed by atoms with Crippen LogP contribution in [-0.2, 0) is 4.74 Å². The molecular weight excluding hydrogens is 214 g/mol. The van der Waals surface area contributed by atoms with Crippen molar-refractivity contribution in [3.05, 3.63) is 17.3 Å². The summed E-state index contributed by atoms with van der Waals surface area (Å²) < 4.78 is 5.57. The third-order valence-corrected chi connectivity index (χ3v) is 2.73. The van der Waals surface area contributed by atoms with E-state index in [1.165, 1.54) is 0 Å². The van der Waals surface area contributed by atoms with Gasteiger partial charge in [-0.1, -0.05) is 11.6 Å². The standard InChI is InChI=1S/C10H14ClN3O/c1-7(8-3-2-6-15-8)12-10-5-4-9(11)13-14-10/h4-5,7-8H,2-3,6H2,1H3,(H,12,14). The van der Waals surface area contributed by atoms with Crippen LogP contribution in [0.3, 0.4) is 0 Å². The number of ether oxygens (including phenoxy) is 1. The van der Waals surface area contributed by atoms with Gasteiger partial charge in [0.05, 0.1) is 12.1 Å². The predicted octanol–water partition coefficient (Wildman–Crippen LogP) is 2.11. The van der Waals surface area contributed by atoms with Crippen LogP contribution in [0.4, 0.5) is 5.82 Å². The summed E-state index contributed by atoms with van der Waals surface area (Å²) >= 11 is 5.65. The Morgan fingerprint density at radius 2 is 2.40 bits per heavy atom. The topological polar surface area (TPSA) is 47.0 Å². The van der Waals surface area contributed by atoms with E-state index < -0.39 is 0 Å². The molecule has 0 radical (unpaired) electrons. The van der Waals surface area contributed by atoms with Crippen molar-refractivity contribution in [1.82, 2.24) is 10.2 Å². The maximum Gasteiger partial charge on any atom is 0.151 e. The Hall–Kier alpha value is -0.870. The van der Waals surface area contributed by atoms with Crippen LogP contribution >= 0.6 is 11.6 Å². The van der Waals surface area contributed by atoms with Gasteiger partial charge in [0.25, 0.3) is 0 Å². The van der Waals surface area contributed by atoms with E-state index >= 15 is 0 Å². The Kier molecular flexibility index (Phi) is 3.38. The van der Waals surface area contributed by atoms with Gasteiger partial charge < -0.3 is 10.1 Å².